The summed E-state index contributed by atoms with van der Waals surface area (Å²) in [5.41, 5.74) is 6.17. The van der Waals surface area contributed by atoms with Crippen LogP contribution in [0.1, 0.15) is 93.9 Å². The standard InChI is InChI=1S/C22H42ClP/c1-9-12-15-24(23,16-13-10-2,17-14-11-3)22(8)20(6)18(4)19(5)21(22)7/h9-17H2,1-8H3. The van der Waals surface area contributed by atoms with Crippen molar-refractivity contribution >= 4 is 17.2 Å². The van der Waals surface area contributed by atoms with Crippen molar-refractivity contribution in [2.75, 3.05) is 18.5 Å². The molecule has 0 radical (unpaired) electrons. The Morgan fingerprint density at radius 3 is 1.25 bits per heavy atom. The Labute approximate surface area is 157 Å². The first-order chi connectivity index (χ1) is 11.1. The first kappa shape index (κ1) is 22.2. The van der Waals surface area contributed by atoms with Crippen LogP contribution in [0.5, 0.6) is 0 Å². The zero-order valence-corrected chi connectivity index (χ0v) is 19.3. The number of halogens is 1. The van der Waals surface area contributed by atoms with E-state index in [1.807, 2.05) is 0 Å². The van der Waals surface area contributed by atoms with Gasteiger partial charge < -0.3 is 0 Å². The third-order valence-corrected chi connectivity index (χ3v) is 16.8. The van der Waals surface area contributed by atoms with E-state index in [1.54, 1.807) is 11.1 Å². The summed E-state index contributed by atoms with van der Waals surface area (Å²) in [4.78, 5) is 0. The predicted octanol–water partition coefficient (Wildman–Crippen LogP) is 8.54. The van der Waals surface area contributed by atoms with Gasteiger partial charge in [-0.15, -0.1) is 0 Å². The Bertz CT molecular complexity index is 464. The van der Waals surface area contributed by atoms with Crippen LogP contribution in [-0.2, 0) is 0 Å². The van der Waals surface area contributed by atoms with Crippen molar-refractivity contribution in [3.8, 4) is 0 Å². The molecule has 1 rings (SSSR count). The van der Waals surface area contributed by atoms with Gasteiger partial charge in [0.15, 0.2) is 0 Å². The monoisotopic (exact) mass is 372 g/mol. The first-order valence-corrected chi connectivity index (χ1v) is 13.9. The van der Waals surface area contributed by atoms with Crippen molar-refractivity contribution in [2.24, 2.45) is 0 Å². The molecule has 0 heterocycles. The minimum absolute atomic E-state index is 0.112. The molecule has 0 saturated heterocycles. The van der Waals surface area contributed by atoms with E-state index < -0.39 is 5.96 Å². The molecule has 0 unspecified atom stereocenters. The van der Waals surface area contributed by atoms with Crippen LogP contribution in [0.25, 0.3) is 0 Å². The third kappa shape index (κ3) is 3.40. The Morgan fingerprint density at radius 1 is 0.708 bits per heavy atom. The second-order valence-electron chi connectivity index (χ2n) is 8.39. The average molecular weight is 373 g/mol. The van der Waals surface area contributed by atoms with E-state index in [2.05, 4.69) is 55.4 Å². The van der Waals surface area contributed by atoms with Gasteiger partial charge in [-0.25, -0.2) is 0 Å². The SMILES string of the molecule is CCCCP(Cl)(CCCC)(CCCC)C1(C)C(C)=C(C)C(C)=C1C. The zero-order valence-electron chi connectivity index (χ0n) is 17.7. The first-order valence-electron chi connectivity index (χ1n) is 10.2. The summed E-state index contributed by atoms with van der Waals surface area (Å²) in [6.07, 6.45) is 11.4. The molecule has 0 aliphatic heterocycles. The molecule has 0 N–H and O–H groups in total. The Morgan fingerprint density at radius 2 is 1.00 bits per heavy atom. The number of rotatable bonds is 10. The van der Waals surface area contributed by atoms with E-state index >= 15 is 0 Å². The van der Waals surface area contributed by atoms with Crippen molar-refractivity contribution in [3.63, 3.8) is 0 Å². The Hall–Kier alpha value is 0.200. The van der Waals surface area contributed by atoms with Crippen molar-refractivity contribution in [1.82, 2.24) is 0 Å². The van der Waals surface area contributed by atoms with E-state index in [4.69, 9.17) is 11.2 Å². The van der Waals surface area contributed by atoms with Crippen molar-refractivity contribution < 1.29 is 0 Å². The molecule has 1 aliphatic carbocycles. The van der Waals surface area contributed by atoms with Crippen LogP contribution < -0.4 is 0 Å². The number of unbranched alkanes of at least 4 members (excludes halogenated alkanes) is 3. The van der Waals surface area contributed by atoms with Gasteiger partial charge in [0.25, 0.3) is 0 Å². The summed E-state index contributed by atoms with van der Waals surface area (Å²) in [5.74, 6) is -2.41. The van der Waals surface area contributed by atoms with Crippen LogP contribution in [0.3, 0.4) is 0 Å². The number of hydrogen-bond donors (Lipinski definition) is 0. The normalized spacial score (nSPS) is 19.8. The van der Waals surface area contributed by atoms with Crippen LogP contribution in [0.4, 0.5) is 0 Å². The molecule has 0 nitrogen and oxygen atoms in total. The molecule has 0 atom stereocenters. The zero-order chi connectivity index (χ0) is 18.6. The minimum atomic E-state index is -2.41. The fraction of sp³-hybridized carbons (Fsp3) is 0.818. The van der Waals surface area contributed by atoms with E-state index in [1.165, 1.54) is 68.2 Å². The Kier molecular flexibility index (Phi) is 7.66. The van der Waals surface area contributed by atoms with Crippen LogP contribution >= 0.6 is 17.2 Å². The van der Waals surface area contributed by atoms with Crippen molar-refractivity contribution in [3.05, 3.63) is 22.3 Å². The molecule has 0 saturated carbocycles. The molecule has 0 aromatic heterocycles. The number of hydrogen-bond acceptors (Lipinski definition) is 0. The van der Waals surface area contributed by atoms with Gasteiger partial charge in [0, 0.05) is 0 Å². The summed E-state index contributed by atoms with van der Waals surface area (Å²) >= 11 is 8.06. The van der Waals surface area contributed by atoms with Gasteiger partial charge in [0.1, 0.15) is 0 Å². The van der Waals surface area contributed by atoms with E-state index in [9.17, 15) is 0 Å². The molecule has 1 aliphatic rings. The second-order valence-corrected chi connectivity index (χ2v) is 16.5. The van der Waals surface area contributed by atoms with E-state index in [0.717, 1.165) is 0 Å². The molecule has 0 spiro atoms. The Balaban J connectivity index is 3.61. The predicted molar refractivity (Wildman–Crippen MR) is 117 cm³/mol. The molecule has 0 fully saturated rings. The topological polar surface area (TPSA) is 0 Å². The van der Waals surface area contributed by atoms with Gasteiger partial charge in [-0.3, -0.25) is 0 Å². The number of allylic oxidation sites excluding steroid dienone is 4. The van der Waals surface area contributed by atoms with Crippen molar-refractivity contribution in [1.29, 1.82) is 0 Å². The summed E-state index contributed by atoms with van der Waals surface area (Å²) < 4.78 is 0. The summed E-state index contributed by atoms with van der Waals surface area (Å²) in [6.45, 7) is 18.9. The average Bonchev–Trinajstić information content (AvgIpc) is 2.73. The molecular weight excluding hydrogens is 331 g/mol. The maximum absolute atomic E-state index is 8.06. The van der Waals surface area contributed by atoms with E-state index in [-0.39, 0.29) is 5.16 Å². The van der Waals surface area contributed by atoms with Crippen LogP contribution in [-0.4, -0.2) is 23.6 Å². The fourth-order valence-electron chi connectivity index (χ4n) is 4.98. The fourth-order valence-corrected chi connectivity index (χ4v) is 14.0. The van der Waals surface area contributed by atoms with Gasteiger partial charge in [0.05, 0.1) is 0 Å². The van der Waals surface area contributed by atoms with E-state index in [0.29, 0.717) is 0 Å². The second kappa shape index (κ2) is 8.26. The molecule has 142 valence electrons. The molecule has 0 aromatic rings. The molecule has 2 heteroatoms. The van der Waals surface area contributed by atoms with Crippen LogP contribution in [0, 0.1) is 0 Å². The van der Waals surface area contributed by atoms with Gasteiger partial charge in [0.2, 0.25) is 0 Å². The molecule has 0 amide bonds. The third-order valence-electron chi connectivity index (χ3n) is 7.34. The quantitative estimate of drug-likeness (QED) is 0.337. The van der Waals surface area contributed by atoms with Gasteiger partial charge in [-0.05, 0) is 0 Å². The summed E-state index contributed by atoms with van der Waals surface area (Å²) in [6, 6.07) is 0. The van der Waals surface area contributed by atoms with Crippen molar-refractivity contribution in [2.45, 2.75) is 99.1 Å². The van der Waals surface area contributed by atoms with Gasteiger partial charge >= 0.3 is 157 Å². The maximum atomic E-state index is 8.06. The van der Waals surface area contributed by atoms with Crippen LogP contribution in [0.15, 0.2) is 22.3 Å². The summed E-state index contributed by atoms with van der Waals surface area (Å²) in [5, 5.41) is 0.112. The van der Waals surface area contributed by atoms with Gasteiger partial charge in [-0.1, -0.05) is 0 Å². The van der Waals surface area contributed by atoms with Crippen LogP contribution in [0.2, 0.25) is 0 Å². The molecular formula is C22H42ClP. The van der Waals surface area contributed by atoms with Gasteiger partial charge in [-0.2, -0.15) is 0 Å². The molecule has 24 heavy (non-hydrogen) atoms. The summed E-state index contributed by atoms with van der Waals surface area (Å²) in [7, 11) is 0. The molecule has 0 bridgehead atoms. The molecule has 0 aromatic carbocycles.